The van der Waals surface area contributed by atoms with E-state index in [2.05, 4.69) is 0 Å². The van der Waals surface area contributed by atoms with Crippen molar-refractivity contribution in [3.05, 3.63) is 23.8 Å². The number of benzene rings is 1. The molecule has 2 rings (SSSR count). The van der Waals surface area contributed by atoms with Crippen molar-refractivity contribution in [3.8, 4) is 5.75 Å². The fraction of sp³-hybridized carbons (Fsp3) is 0.429. The van der Waals surface area contributed by atoms with E-state index in [9.17, 15) is 9.59 Å². The summed E-state index contributed by atoms with van der Waals surface area (Å²) in [5.74, 6) is -0.674. The van der Waals surface area contributed by atoms with E-state index in [1.807, 2.05) is 0 Å². The number of aliphatic hydroxyl groups is 1. The molecule has 1 saturated heterocycles. The van der Waals surface area contributed by atoms with Crippen molar-refractivity contribution in [2.75, 3.05) is 24.7 Å². The highest BCUT2D eigenvalue weighted by Crippen LogP contribution is 2.27. The minimum absolute atomic E-state index is 0.00570. The molecule has 2 N–H and O–H groups in total. The standard InChI is InChI=1S/C14H17NO5/c16-5-2-6-20-12-8-10(14(18)19)7-11(9-12)15-4-1-3-13(15)17/h7-9,16H,1-6H2,(H,18,19). The first-order valence-electron chi connectivity index (χ1n) is 6.54. The second-order valence-corrected chi connectivity index (χ2v) is 4.60. The third kappa shape index (κ3) is 3.27. The average molecular weight is 279 g/mol. The van der Waals surface area contributed by atoms with E-state index in [1.165, 1.54) is 12.1 Å². The van der Waals surface area contributed by atoms with Crippen LogP contribution in [0.3, 0.4) is 0 Å². The largest absolute Gasteiger partial charge is 0.493 e. The highest BCUT2D eigenvalue weighted by molar-refractivity contribution is 5.97. The molecule has 0 atom stereocenters. The van der Waals surface area contributed by atoms with Crippen LogP contribution in [0.1, 0.15) is 29.6 Å². The Bertz CT molecular complexity index is 514. The molecule has 1 aliphatic rings. The topological polar surface area (TPSA) is 87.1 Å². The number of rotatable bonds is 6. The van der Waals surface area contributed by atoms with Crippen LogP contribution in [0.5, 0.6) is 5.75 Å². The van der Waals surface area contributed by atoms with Crippen LogP contribution >= 0.6 is 0 Å². The quantitative estimate of drug-likeness (QED) is 0.766. The smallest absolute Gasteiger partial charge is 0.335 e. The van der Waals surface area contributed by atoms with Gasteiger partial charge in [0.05, 0.1) is 12.2 Å². The summed E-state index contributed by atoms with van der Waals surface area (Å²) in [6.45, 7) is 0.904. The summed E-state index contributed by atoms with van der Waals surface area (Å²) in [5.41, 5.74) is 0.632. The molecule has 108 valence electrons. The highest BCUT2D eigenvalue weighted by atomic mass is 16.5. The zero-order valence-electron chi connectivity index (χ0n) is 11.0. The number of carboxylic acid groups (broad SMARTS) is 1. The van der Waals surface area contributed by atoms with Gasteiger partial charge in [-0.3, -0.25) is 4.79 Å². The normalized spacial score (nSPS) is 14.7. The zero-order valence-corrected chi connectivity index (χ0v) is 11.0. The second kappa shape index (κ2) is 6.38. The second-order valence-electron chi connectivity index (χ2n) is 4.60. The van der Waals surface area contributed by atoms with Gasteiger partial charge in [-0.2, -0.15) is 0 Å². The molecule has 0 bridgehead atoms. The summed E-state index contributed by atoms with van der Waals surface area (Å²) < 4.78 is 5.41. The Labute approximate surface area is 116 Å². The van der Waals surface area contributed by atoms with Crippen LogP contribution in [0, 0.1) is 0 Å². The van der Waals surface area contributed by atoms with Crippen LogP contribution in [0.4, 0.5) is 5.69 Å². The maximum absolute atomic E-state index is 11.7. The van der Waals surface area contributed by atoms with E-state index in [0.29, 0.717) is 37.4 Å². The van der Waals surface area contributed by atoms with Gasteiger partial charge < -0.3 is 19.8 Å². The molecule has 0 spiro atoms. The number of hydrogen-bond donors (Lipinski definition) is 2. The van der Waals surface area contributed by atoms with Gasteiger partial charge in [-0.25, -0.2) is 4.79 Å². The summed E-state index contributed by atoms with van der Waals surface area (Å²) in [7, 11) is 0. The summed E-state index contributed by atoms with van der Waals surface area (Å²) >= 11 is 0. The van der Waals surface area contributed by atoms with Gasteiger partial charge >= 0.3 is 5.97 Å². The van der Waals surface area contributed by atoms with Crippen molar-refractivity contribution in [2.24, 2.45) is 0 Å². The maximum Gasteiger partial charge on any atom is 0.335 e. The van der Waals surface area contributed by atoms with Crippen LogP contribution in [0.15, 0.2) is 18.2 Å². The number of carboxylic acids is 1. The summed E-state index contributed by atoms with van der Waals surface area (Å²) in [4.78, 5) is 24.4. The maximum atomic E-state index is 11.7. The number of hydrogen-bond acceptors (Lipinski definition) is 4. The predicted molar refractivity (Wildman–Crippen MR) is 72.2 cm³/mol. The molecule has 6 heteroatoms. The van der Waals surface area contributed by atoms with Crippen molar-refractivity contribution in [3.63, 3.8) is 0 Å². The van der Waals surface area contributed by atoms with E-state index in [4.69, 9.17) is 14.9 Å². The fourth-order valence-corrected chi connectivity index (χ4v) is 2.12. The lowest BCUT2D eigenvalue weighted by Gasteiger charge is -2.17. The third-order valence-corrected chi connectivity index (χ3v) is 3.09. The van der Waals surface area contributed by atoms with Crippen molar-refractivity contribution in [2.45, 2.75) is 19.3 Å². The van der Waals surface area contributed by atoms with Gasteiger partial charge in [-0.05, 0) is 18.6 Å². The molecular weight excluding hydrogens is 262 g/mol. The Morgan fingerprint density at radius 3 is 2.75 bits per heavy atom. The molecule has 1 aromatic carbocycles. The van der Waals surface area contributed by atoms with Crippen LogP contribution in [0.2, 0.25) is 0 Å². The zero-order chi connectivity index (χ0) is 14.5. The Morgan fingerprint density at radius 1 is 1.35 bits per heavy atom. The molecular formula is C14H17NO5. The number of aromatic carboxylic acids is 1. The van der Waals surface area contributed by atoms with E-state index >= 15 is 0 Å². The van der Waals surface area contributed by atoms with Gasteiger partial charge in [0.25, 0.3) is 0 Å². The summed E-state index contributed by atoms with van der Waals surface area (Å²) in [5, 5.41) is 17.8. The number of amides is 1. The van der Waals surface area contributed by atoms with Crippen LogP contribution in [-0.4, -0.2) is 41.8 Å². The Balaban J connectivity index is 2.25. The summed E-state index contributed by atoms with van der Waals surface area (Å²) in [6.07, 6.45) is 1.73. The Hall–Kier alpha value is -2.08. The molecule has 0 aliphatic carbocycles. The van der Waals surface area contributed by atoms with Gasteiger partial charge in [0.2, 0.25) is 5.91 Å². The average Bonchev–Trinajstić information content (AvgIpc) is 2.85. The number of carbonyl (C=O) groups is 2. The van der Waals surface area contributed by atoms with Gasteiger partial charge in [0.1, 0.15) is 5.75 Å². The monoisotopic (exact) mass is 279 g/mol. The van der Waals surface area contributed by atoms with Crippen molar-refractivity contribution < 1.29 is 24.5 Å². The Kier molecular flexibility index (Phi) is 4.57. The van der Waals surface area contributed by atoms with E-state index in [1.54, 1.807) is 11.0 Å². The van der Waals surface area contributed by atoms with Gasteiger partial charge in [0, 0.05) is 37.7 Å². The van der Waals surface area contributed by atoms with E-state index in [0.717, 1.165) is 6.42 Å². The number of nitrogens with zero attached hydrogens (tertiary/aromatic N) is 1. The van der Waals surface area contributed by atoms with Crippen LogP contribution in [0.25, 0.3) is 0 Å². The lowest BCUT2D eigenvalue weighted by atomic mass is 10.1. The third-order valence-electron chi connectivity index (χ3n) is 3.09. The molecule has 1 amide bonds. The van der Waals surface area contributed by atoms with E-state index < -0.39 is 5.97 Å². The Morgan fingerprint density at radius 2 is 2.15 bits per heavy atom. The highest BCUT2D eigenvalue weighted by Gasteiger charge is 2.23. The first-order valence-corrected chi connectivity index (χ1v) is 6.54. The van der Waals surface area contributed by atoms with Crippen molar-refractivity contribution in [1.29, 1.82) is 0 Å². The molecule has 1 heterocycles. The van der Waals surface area contributed by atoms with Gasteiger partial charge in [0.15, 0.2) is 0 Å². The molecule has 0 radical (unpaired) electrons. The lowest BCUT2D eigenvalue weighted by molar-refractivity contribution is -0.117. The first-order chi connectivity index (χ1) is 9.61. The molecule has 1 aromatic rings. The minimum atomic E-state index is -1.06. The number of aliphatic hydroxyl groups excluding tert-OH is 1. The molecule has 1 fully saturated rings. The molecule has 0 aromatic heterocycles. The van der Waals surface area contributed by atoms with Crippen molar-refractivity contribution in [1.82, 2.24) is 0 Å². The van der Waals surface area contributed by atoms with Gasteiger partial charge in [-0.15, -0.1) is 0 Å². The van der Waals surface area contributed by atoms with Crippen LogP contribution in [-0.2, 0) is 4.79 Å². The SMILES string of the molecule is O=C(O)c1cc(OCCCO)cc(N2CCCC2=O)c1. The first kappa shape index (κ1) is 14.3. The number of anilines is 1. The van der Waals surface area contributed by atoms with Gasteiger partial charge in [-0.1, -0.05) is 0 Å². The molecule has 0 saturated carbocycles. The number of ether oxygens (including phenoxy) is 1. The number of carbonyl (C=O) groups excluding carboxylic acids is 1. The molecule has 6 nitrogen and oxygen atoms in total. The fourth-order valence-electron chi connectivity index (χ4n) is 2.12. The predicted octanol–water partition coefficient (Wildman–Crippen LogP) is 1.27. The van der Waals surface area contributed by atoms with Crippen LogP contribution < -0.4 is 9.64 Å². The molecule has 1 aliphatic heterocycles. The molecule has 20 heavy (non-hydrogen) atoms. The minimum Gasteiger partial charge on any atom is -0.493 e. The summed E-state index contributed by atoms with van der Waals surface area (Å²) in [6, 6.07) is 4.56. The van der Waals surface area contributed by atoms with Crippen molar-refractivity contribution >= 4 is 17.6 Å². The molecule has 0 unspecified atom stereocenters. The van der Waals surface area contributed by atoms with E-state index in [-0.39, 0.29) is 18.1 Å². The lowest BCUT2D eigenvalue weighted by Crippen LogP contribution is -2.24.